The van der Waals surface area contributed by atoms with E-state index in [1.807, 2.05) is 6.07 Å². The first kappa shape index (κ1) is 20.4. The fourth-order valence-corrected chi connectivity index (χ4v) is 1.68. The summed E-state index contributed by atoms with van der Waals surface area (Å²) in [7, 11) is 0. The lowest BCUT2D eigenvalue weighted by molar-refractivity contribution is 0.0945. The number of nitrogens with one attached hydrogen (secondary N) is 2. The van der Waals surface area contributed by atoms with E-state index in [0.29, 0.717) is 12.3 Å². The lowest BCUT2D eigenvalue weighted by Gasteiger charge is -2.03. The summed E-state index contributed by atoms with van der Waals surface area (Å²) in [6.07, 6.45) is 4.42. The number of halogens is 2. The Morgan fingerprint density at radius 1 is 1.27 bits per heavy atom. The van der Waals surface area contributed by atoms with Crippen LogP contribution in [0.5, 0.6) is 0 Å². The molecule has 0 aliphatic rings. The van der Waals surface area contributed by atoms with E-state index in [0.717, 1.165) is 25.1 Å². The van der Waals surface area contributed by atoms with Gasteiger partial charge >= 0.3 is 0 Å². The van der Waals surface area contributed by atoms with Crippen LogP contribution in [0, 0.1) is 0 Å². The molecule has 6 nitrogen and oxygen atoms in total. The fourth-order valence-electron chi connectivity index (χ4n) is 1.68. The van der Waals surface area contributed by atoms with E-state index >= 15 is 0 Å². The minimum absolute atomic E-state index is 0. The van der Waals surface area contributed by atoms with Gasteiger partial charge in [-0.05, 0) is 25.1 Å². The predicted molar refractivity (Wildman–Crippen MR) is 89.7 cm³/mol. The molecule has 2 N–H and O–H groups in total. The topological polar surface area (TPSA) is 80.0 Å². The zero-order chi connectivity index (χ0) is 14.2. The Morgan fingerprint density at radius 2 is 2.09 bits per heavy atom. The highest BCUT2D eigenvalue weighted by molar-refractivity contribution is 5.93. The number of aromatic nitrogens is 2. The summed E-state index contributed by atoms with van der Waals surface area (Å²) in [6, 6.07) is 5.27. The van der Waals surface area contributed by atoms with Crippen LogP contribution in [0.4, 0.5) is 0 Å². The molecule has 0 fully saturated rings. The number of amides is 1. The van der Waals surface area contributed by atoms with Crippen molar-refractivity contribution in [1.29, 1.82) is 0 Å². The molecule has 0 saturated heterocycles. The Hall–Kier alpha value is -1.63. The van der Waals surface area contributed by atoms with Crippen molar-refractivity contribution in [1.82, 2.24) is 20.8 Å². The van der Waals surface area contributed by atoms with Crippen LogP contribution in [-0.4, -0.2) is 35.7 Å². The number of hydrogen-bond donors (Lipinski definition) is 2. The van der Waals surface area contributed by atoms with Gasteiger partial charge in [0.05, 0.1) is 0 Å². The number of pyridine rings is 1. The van der Waals surface area contributed by atoms with E-state index in [2.05, 4.69) is 27.7 Å². The molecule has 0 aliphatic heterocycles. The van der Waals surface area contributed by atoms with Crippen LogP contribution in [0.2, 0.25) is 0 Å². The molecule has 8 heteroatoms. The second-order valence-corrected chi connectivity index (χ2v) is 4.32. The van der Waals surface area contributed by atoms with E-state index in [1.54, 1.807) is 24.5 Å². The third-order valence-electron chi connectivity index (χ3n) is 2.70. The molecule has 1 amide bonds. The molecule has 0 bridgehead atoms. The maximum atomic E-state index is 11.8. The van der Waals surface area contributed by atoms with Gasteiger partial charge in [0, 0.05) is 37.1 Å². The first-order chi connectivity index (χ1) is 9.81. The SMILES string of the molecule is CCCNCCNC(=O)c1cc(-c2cccnc2)on1.Cl.Cl. The molecular weight excluding hydrogens is 327 g/mol. The zero-order valence-electron chi connectivity index (χ0n) is 12.2. The maximum Gasteiger partial charge on any atom is 0.273 e. The fraction of sp³-hybridized carbons (Fsp3) is 0.357. The van der Waals surface area contributed by atoms with Gasteiger partial charge in [0.2, 0.25) is 0 Å². The zero-order valence-corrected chi connectivity index (χ0v) is 13.9. The van der Waals surface area contributed by atoms with Gasteiger partial charge in [-0.15, -0.1) is 24.8 Å². The normalized spacial score (nSPS) is 9.50. The van der Waals surface area contributed by atoms with Crippen molar-refractivity contribution >= 4 is 30.7 Å². The number of carbonyl (C=O) groups excluding carboxylic acids is 1. The summed E-state index contributed by atoms with van der Waals surface area (Å²) in [6.45, 7) is 4.35. The van der Waals surface area contributed by atoms with Crippen LogP contribution in [0.3, 0.4) is 0 Å². The summed E-state index contributed by atoms with van der Waals surface area (Å²) >= 11 is 0. The van der Waals surface area contributed by atoms with Crippen molar-refractivity contribution in [3.05, 3.63) is 36.3 Å². The van der Waals surface area contributed by atoms with Crippen molar-refractivity contribution in [2.75, 3.05) is 19.6 Å². The first-order valence-electron chi connectivity index (χ1n) is 6.67. The summed E-state index contributed by atoms with van der Waals surface area (Å²) < 4.78 is 5.15. The molecule has 0 spiro atoms. The van der Waals surface area contributed by atoms with Gasteiger partial charge in [-0.2, -0.15) is 0 Å². The number of carbonyl (C=O) groups is 1. The van der Waals surface area contributed by atoms with Crippen molar-refractivity contribution < 1.29 is 9.32 Å². The molecule has 0 aliphatic carbocycles. The Labute approximate surface area is 141 Å². The molecule has 2 heterocycles. The van der Waals surface area contributed by atoms with Crippen molar-refractivity contribution in [3.63, 3.8) is 0 Å². The van der Waals surface area contributed by atoms with Gasteiger partial charge in [0.1, 0.15) is 0 Å². The van der Waals surface area contributed by atoms with Gasteiger partial charge < -0.3 is 15.2 Å². The summed E-state index contributed by atoms with van der Waals surface area (Å²) in [4.78, 5) is 15.8. The standard InChI is InChI=1S/C14H18N4O2.2ClH/c1-2-5-15-7-8-17-14(19)12-9-13(20-18-12)11-4-3-6-16-10-11;;/h3-4,6,9-10,15H,2,5,7-8H2,1H3,(H,17,19);2*1H. The summed E-state index contributed by atoms with van der Waals surface area (Å²) in [5.74, 6) is 0.301. The molecule has 2 aromatic rings. The minimum atomic E-state index is -0.234. The highest BCUT2D eigenvalue weighted by atomic mass is 35.5. The largest absolute Gasteiger partial charge is 0.355 e. The molecule has 0 aromatic carbocycles. The molecule has 0 radical (unpaired) electrons. The van der Waals surface area contributed by atoms with Gasteiger partial charge in [0.25, 0.3) is 5.91 Å². The van der Waals surface area contributed by atoms with E-state index in [1.165, 1.54) is 0 Å². The molecule has 122 valence electrons. The van der Waals surface area contributed by atoms with E-state index in [-0.39, 0.29) is 36.4 Å². The third kappa shape index (κ3) is 6.01. The highest BCUT2D eigenvalue weighted by Crippen LogP contribution is 2.18. The average Bonchev–Trinajstić information content (AvgIpc) is 2.98. The first-order valence-corrected chi connectivity index (χ1v) is 6.67. The second-order valence-electron chi connectivity index (χ2n) is 4.32. The van der Waals surface area contributed by atoms with E-state index < -0.39 is 0 Å². The van der Waals surface area contributed by atoms with Crippen LogP contribution >= 0.6 is 24.8 Å². The molecule has 0 atom stereocenters. The number of rotatable bonds is 7. The maximum absolute atomic E-state index is 11.8. The number of hydrogen-bond acceptors (Lipinski definition) is 5. The van der Waals surface area contributed by atoms with Gasteiger partial charge in [-0.3, -0.25) is 9.78 Å². The van der Waals surface area contributed by atoms with Gasteiger partial charge in [0.15, 0.2) is 11.5 Å². The lowest BCUT2D eigenvalue weighted by Crippen LogP contribution is -2.32. The van der Waals surface area contributed by atoms with E-state index in [4.69, 9.17) is 4.52 Å². The molecule has 0 unspecified atom stereocenters. The van der Waals surface area contributed by atoms with Gasteiger partial charge in [-0.1, -0.05) is 12.1 Å². The molecule has 2 rings (SSSR count). The Balaban J connectivity index is 0.00000220. The second kappa shape index (κ2) is 11.0. The van der Waals surface area contributed by atoms with E-state index in [9.17, 15) is 4.79 Å². The van der Waals surface area contributed by atoms with Crippen LogP contribution in [0.25, 0.3) is 11.3 Å². The Morgan fingerprint density at radius 3 is 2.77 bits per heavy atom. The quantitative estimate of drug-likeness (QED) is 0.752. The Bertz CT molecular complexity index is 549. The predicted octanol–water partition coefficient (Wildman–Crippen LogP) is 2.31. The monoisotopic (exact) mass is 346 g/mol. The van der Waals surface area contributed by atoms with Gasteiger partial charge in [-0.25, -0.2) is 0 Å². The molecule has 22 heavy (non-hydrogen) atoms. The van der Waals surface area contributed by atoms with Crippen LogP contribution < -0.4 is 10.6 Å². The molecule has 0 saturated carbocycles. The molecule has 2 aromatic heterocycles. The third-order valence-corrected chi connectivity index (χ3v) is 2.70. The lowest BCUT2D eigenvalue weighted by atomic mass is 10.2. The minimum Gasteiger partial charge on any atom is -0.355 e. The molecular formula is C14H20Cl2N4O2. The Kier molecular flexibility index (Phi) is 10.2. The van der Waals surface area contributed by atoms with Crippen molar-refractivity contribution in [2.45, 2.75) is 13.3 Å². The average molecular weight is 347 g/mol. The summed E-state index contributed by atoms with van der Waals surface area (Å²) in [5.41, 5.74) is 1.07. The highest BCUT2D eigenvalue weighted by Gasteiger charge is 2.12. The van der Waals surface area contributed by atoms with Crippen LogP contribution in [0.1, 0.15) is 23.8 Å². The smallest absolute Gasteiger partial charge is 0.273 e. The van der Waals surface area contributed by atoms with Crippen LogP contribution in [-0.2, 0) is 0 Å². The number of nitrogens with zero attached hydrogens (tertiary/aromatic N) is 2. The van der Waals surface area contributed by atoms with Crippen molar-refractivity contribution in [2.24, 2.45) is 0 Å². The summed E-state index contributed by atoms with van der Waals surface area (Å²) in [5, 5.41) is 9.76. The van der Waals surface area contributed by atoms with Crippen LogP contribution in [0.15, 0.2) is 35.1 Å². The van der Waals surface area contributed by atoms with Crippen molar-refractivity contribution in [3.8, 4) is 11.3 Å².